The number of terminal acetylenes is 1. The summed E-state index contributed by atoms with van der Waals surface area (Å²) in [4.78, 5) is 2.48. The molecule has 0 aliphatic carbocycles. The minimum absolute atomic E-state index is 0.439. The molecule has 1 aliphatic rings. The molecule has 1 fully saturated rings. The molecule has 0 aromatic heterocycles. The molecule has 2 N–H and O–H groups in total. The highest BCUT2D eigenvalue weighted by Gasteiger charge is 2.14. The molecule has 0 saturated carbocycles. The molecule has 0 amide bonds. The number of nitrogens with zero attached hydrogens (tertiary/aromatic N) is 1. The van der Waals surface area contributed by atoms with E-state index in [1.807, 2.05) is 11.8 Å². The molecule has 0 aromatic carbocycles. The van der Waals surface area contributed by atoms with Crippen molar-refractivity contribution in [1.29, 1.82) is 0 Å². The normalized spacial score (nSPS) is 20.0. The fraction of sp³-hybridized carbons (Fsp3) is 0.800. The molecular weight excluding hydrogens is 180 g/mol. The quantitative estimate of drug-likeness (QED) is 0.534. The van der Waals surface area contributed by atoms with Crippen molar-refractivity contribution in [3.63, 3.8) is 0 Å². The maximum atomic E-state index is 5.81. The molecule has 0 unspecified atom stereocenters. The molecular formula is C10H18N2S. The van der Waals surface area contributed by atoms with Gasteiger partial charge in [-0.05, 0) is 25.9 Å². The van der Waals surface area contributed by atoms with Gasteiger partial charge in [-0.2, -0.15) is 0 Å². The summed E-state index contributed by atoms with van der Waals surface area (Å²) in [5.74, 6) is 4.63. The average Bonchev–Trinajstić information content (AvgIpc) is 2.15. The van der Waals surface area contributed by atoms with Crippen molar-refractivity contribution in [2.24, 2.45) is 5.73 Å². The summed E-state index contributed by atoms with van der Waals surface area (Å²) < 4.78 is 0. The van der Waals surface area contributed by atoms with E-state index >= 15 is 0 Å². The van der Waals surface area contributed by atoms with E-state index in [9.17, 15) is 0 Å². The zero-order valence-electron chi connectivity index (χ0n) is 8.04. The van der Waals surface area contributed by atoms with Gasteiger partial charge in [-0.3, -0.25) is 0 Å². The molecule has 1 heterocycles. The molecule has 0 spiro atoms. The maximum Gasteiger partial charge on any atom is 0.0545 e. The summed E-state index contributed by atoms with van der Waals surface area (Å²) in [6.07, 6.45) is 7.47. The zero-order chi connectivity index (χ0) is 9.52. The van der Waals surface area contributed by atoms with E-state index in [2.05, 4.69) is 10.8 Å². The average molecular weight is 198 g/mol. The number of thioether (sulfide) groups is 1. The third-order valence-electron chi connectivity index (χ3n) is 2.37. The van der Waals surface area contributed by atoms with Crippen LogP contribution in [0.2, 0.25) is 0 Å². The molecule has 0 aromatic rings. The first-order chi connectivity index (χ1) is 6.33. The highest BCUT2D eigenvalue weighted by Crippen LogP contribution is 2.09. The lowest BCUT2D eigenvalue weighted by Gasteiger charge is -2.29. The molecule has 74 valence electrons. The van der Waals surface area contributed by atoms with Crippen LogP contribution in [0.3, 0.4) is 0 Å². The lowest BCUT2D eigenvalue weighted by Crippen LogP contribution is -2.40. The fourth-order valence-electron chi connectivity index (χ4n) is 1.50. The van der Waals surface area contributed by atoms with Crippen molar-refractivity contribution in [2.75, 3.05) is 31.1 Å². The van der Waals surface area contributed by atoms with Crippen LogP contribution in [0.4, 0.5) is 0 Å². The SMILES string of the molecule is C#CCSCCN1CCC(N)CC1. The van der Waals surface area contributed by atoms with Crippen molar-refractivity contribution in [3.8, 4) is 12.3 Å². The van der Waals surface area contributed by atoms with Gasteiger partial charge in [0.05, 0.1) is 5.75 Å². The van der Waals surface area contributed by atoms with Crippen LogP contribution in [0, 0.1) is 12.3 Å². The van der Waals surface area contributed by atoms with Gasteiger partial charge in [0.2, 0.25) is 0 Å². The molecule has 1 aliphatic heterocycles. The van der Waals surface area contributed by atoms with E-state index in [4.69, 9.17) is 12.2 Å². The van der Waals surface area contributed by atoms with Gasteiger partial charge in [0.1, 0.15) is 0 Å². The van der Waals surface area contributed by atoms with Crippen LogP contribution in [0.5, 0.6) is 0 Å². The van der Waals surface area contributed by atoms with E-state index in [1.165, 1.54) is 6.54 Å². The zero-order valence-corrected chi connectivity index (χ0v) is 8.85. The second-order valence-electron chi connectivity index (χ2n) is 3.44. The van der Waals surface area contributed by atoms with Gasteiger partial charge in [0, 0.05) is 18.3 Å². The van der Waals surface area contributed by atoms with Crippen LogP contribution in [0.15, 0.2) is 0 Å². The van der Waals surface area contributed by atoms with E-state index in [1.54, 1.807) is 0 Å². The number of piperidine rings is 1. The summed E-state index contributed by atoms with van der Waals surface area (Å²) in [5.41, 5.74) is 5.81. The topological polar surface area (TPSA) is 29.3 Å². The Kier molecular flexibility index (Phi) is 5.29. The Hall–Kier alpha value is -0.170. The highest BCUT2D eigenvalue weighted by molar-refractivity contribution is 7.99. The highest BCUT2D eigenvalue weighted by atomic mass is 32.2. The van der Waals surface area contributed by atoms with Crippen LogP contribution in [-0.2, 0) is 0 Å². The molecule has 0 atom stereocenters. The van der Waals surface area contributed by atoms with E-state index in [0.29, 0.717) is 6.04 Å². The van der Waals surface area contributed by atoms with Crippen molar-refractivity contribution in [3.05, 3.63) is 0 Å². The summed E-state index contributed by atoms with van der Waals surface area (Å²) in [6.45, 7) is 3.49. The Bertz CT molecular complexity index is 168. The van der Waals surface area contributed by atoms with Gasteiger partial charge in [-0.1, -0.05) is 5.92 Å². The Balaban J connectivity index is 2.00. The first-order valence-corrected chi connectivity index (χ1v) is 5.97. The first kappa shape index (κ1) is 10.9. The van der Waals surface area contributed by atoms with Gasteiger partial charge in [0.15, 0.2) is 0 Å². The monoisotopic (exact) mass is 198 g/mol. The van der Waals surface area contributed by atoms with Crippen LogP contribution in [0.25, 0.3) is 0 Å². The first-order valence-electron chi connectivity index (χ1n) is 4.82. The molecule has 0 bridgehead atoms. The number of likely N-dealkylation sites (tertiary alicyclic amines) is 1. The summed E-state index contributed by atoms with van der Waals surface area (Å²) in [5, 5.41) is 0. The minimum Gasteiger partial charge on any atom is -0.328 e. The van der Waals surface area contributed by atoms with Gasteiger partial charge >= 0.3 is 0 Å². The standard InChI is InChI=1S/C10H18N2S/c1-2-8-13-9-7-12-5-3-10(11)4-6-12/h1,10H,3-9,11H2. The van der Waals surface area contributed by atoms with Crippen molar-refractivity contribution < 1.29 is 0 Å². The lowest BCUT2D eigenvalue weighted by molar-refractivity contribution is 0.225. The van der Waals surface area contributed by atoms with Crippen LogP contribution < -0.4 is 5.73 Å². The second-order valence-corrected chi connectivity index (χ2v) is 4.54. The smallest absolute Gasteiger partial charge is 0.0545 e. The second kappa shape index (κ2) is 6.31. The third-order valence-corrected chi connectivity index (χ3v) is 3.21. The minimum atomic E-state index is 0.439. The predicted octanol–water partition coefficient (Wildman–Crippen LogP) is 0.776. The van der Waals surface area contributed by atoms with Gasteiger partial charge in [-0.25, -0.2) is 0 Å². The molecule has 1 saturated heterocycles. The maximum absolute atomic E-state index is 5.81. The molecule has 0 radical (unpaired) electrons. The fourth-order valence-corrected chi connectivity index (χ4v) is 2.15. The van der Waals surface area contributed by atoms with E-state index < -0.39 is 0 Å². The van der Waals surface area contributed by atoms with Crippen LogP contribution >= 0.6 is 11.8 Å². The van der Waals surface area contributed by atoms with E-state index in [0.717, 1.165) is 37.4 Å². The van der Waals surface area contributed by atoms with Crippen LogP contribution in [0.1, 0.15) is 12.8 Å². The van der Waals surface area contributed by atoms with Gasteiger partial charge < -0.3 is 10.6 Å². The molecule has 13 heavy (non-hydrogen) atoms. The van der Waals surface area contributed by atoms with Gasteiger partial charge in [-0.15, -0.1) is 18.2 Å². The van der Waals surface area contributed by atoms with Crippen LogP contribution in [-0.4, -0.2) is 42.1 Å². The third kappa shape index (κ3) is 4.56. The summed E-state index contributed by atoms with van der Waals surface area (Å²) in [6, 6.07) is 0.439. The van der Waals surface area contributed by atoms with Crippen molar-refractivity contribution in [1.82, 2.24) is 4.90 Å². The summed E-state index contributed by atoms with van der Waals surface area (Å²) >= 11 is 1.84. The summed E-state index contributed by atoms with van der Waals surface area (Å²) in [7, 11) is 0. The lowest BCUT2D eigenvalue weighted by atomic mass is 10.1. The largest absolute Gasteiger partial charge is 0.328 e. The molecule has 2 nitrogen and oxygen atoms in total. The Morgan fingerprint density at radius 1 is 1.46 bits per heavy atom. The van der Waals surface area contributed by atoms with Crippen molar-refractivity contribution in [2.45, 2.75) is 18.9 Å². The number of hydrogen-bond donors (Lipinski definition) is 1. The number of rotatable bonds is 4. The molecule has 1 rings (SSSR count). The number of hydrogen-bond acceptors (Lipinski definition) is 3. The predicted molar refractivity (Wildman–Crippen MR) is 59.8 cm³/mol. The Labute approximate surface area is 85.2 Å². The van der Waals surface area contributed by atoms with E-state index in [-0.39, 0.29) is 0 Å². The Morgan fingerprint density at radius 2 is 2.15 bits per heavy atom. The van der Waals surface area contributed by atoms with Gasteiger partial charge in [0.25, 0.3) is 0 Å². The Morgan fingerprint density at radius 3 is 2.77 bits per heavy atom. The molecule has 3 heteroatoms. The van der Waals surface area contributed by atoms with Crippen molar-refractivity contribution >= 4 is 11.8 Å². The number of nitrogens with two attached hydrogens (primary N) is 1.